The van der Waals surface area contributed by atoms with Crippen molar-refractivity contribution in [2.24, 2.45) is 23.5 Å². The Balaban J connectivity index is 2.07. The molecular weight excluding hydrogens is 317 g/mol. The first kappa shape index (κ1) is 16.0. The van der Waals surface area contributed by atoms with Gasteiger partial charge in [-0.2, -0.15) is 0 Å². The highest BCUT2D eigenvalue weighted by atomic mass is 79.9. The molecule has 3 unspecified atom stereocenters. The normalized spacial score (nSPS) is 26.7. The van der Waals surface area contributed by atoms with E-state index in [0.29, 0.717) is 11.8 Å². The molecule has 1 aliphatic carbocycles. The Morgan fingerprint density at radius 2 is 2.10 bits per heavy atom. The van der Waals surface area contributed by atoms with Crippen molar-refractivity contribution in [1.82, 2.24) is 0 Å². The number of rotatable bonds is 5. The first-order chi connectivity index (χ1) is 9.63. The Kier molecular flexibility index (Phi) is 6.03. The number of benzene rings is 1. The van der Waals surface area contributed by atoms with Gasteiger partial charge < -0.3 is 5.73 Å². The Hall–Kier alpha value is -0.410. The summed E-state index contributed by atoms with van der Waals surface area (Å²) in [4.78, 5) is 0. The maximum Gasteiger partial charge on any atom is 0.127 e. The molecule has 1 nitrogen and oxygen atoms in total. The van der Waals surface area contributed by atoms with Crippen molar-refractivity contribution < 1.29 is 4.39 Å². The van der Waals surface area contributed by atoms with Crippen LogP contribution in [0.1, 0.15) is 44.6 Å². The minimum absolute atomic E-state index is 0.0900. The molecule has 1 aromatic carbocycles. The summed E-state index contributed by atoms with van der Waals surface area (Å²) < 4.78 is 14.8. The third kappa shape index (κ3) is 4.05. The van der Waals surface area contributed by atoms with E-state index >= 15 is 0 Å². The highest BCUT2D eigenvalue weighted by molar-refractivity contribution is 9.10. The van der Waals surface area contributed by atoms with Gasteiger partial charge in [-0.3, -0.25) is 0 Å². The van der Waals surface area contributed by atoms with Gasteiger partial charge in [0.2, 0.25) is 0 Å². The van der Waals surface area contributed by atoms with Crippen molar-refractivity contribution in [2.75, 3.05) is 6.54 Å². The molecule has 20 heavy (non-hydrogen) atoms. The Morgan fingerprint density at radius 3 is 2.75 bits per heavy atom. The van der Waals surface area contributed by atoms with Gasteiger partial charge in [-0.1, -0.05) is 48.2 Å². The van der Waals surface area contributed by atoms with E-state index in [-0.39, 0.29) is 5.82 Å². The van der Waals surface area contributed by atoms with Gasteiger partial charge in [0.15, 0.2) is 0 Å². The fourth-order valence-electron chi connectivity index (χ4n) is 3.62. The van der Waals surface area contributed by atoms with Crippen molar-refractivity contribution in [3.63, 3.8) is 0 Å². The molecule has 0 saturated heterocycles. The average Bonchev–Trinajstić information content (AvgIpc) is 2.43. The SMILES string of the molecule is CCCC1CCC(CN)C(Cc2ccc(Br)cc2F)C1. The molecule has 2 N–H and O–H groups in total. The predicted octanol–water partition coefficient (Wildman–Crippen LogP) is 4.92. The largest absolute Gasteiger partial charge is 0.330 e. The van der Waals surface area contributed by atoms with Crippen LogP contribution in [0.5, 0.6) is 0 Å². The first-order valence-electron chi connectivity index (χ1n) is 7.78. The zero-order valence-electron chi connectivity index (χ0n) is 12.2. The standard InChI is InChI=1S/C17H25BrFN/c1-2-3-12-4-5-14(11-20)15(8-12)9-13-6-7-16(18)10-17(13)19/h6-7,10,12,14-15H,2-5,8-9,11,20H2,1H3. The van der Waals surface area contributed by atoms with Gasteiger partial charge in [0.05, 0.1) is 0 Å². The lowest BCUT2D eigenvalue weighted by Crippen LogP contribution is -2.32. The third-order valence-electron chi connectivity index (χ3n) is 4.75. The number of nitrogens with two attached hydrogens (primary N) is 1. The van der Waals surface area contributed by atoms with Gasteiger partial charge in [-0.05, 0) is 61.3 Å². The molecule has 0 aliphatic heterocycles. The van der Waals surface area contributed by atoms with Crippen molar-refractivity contribution in [1.29, 1.82) is 0 Å². The van der Waals surface area contributed by atoms with Crippen molar-refractivity contribution in [3.05, 3.63) is 34.1 Å². The monoisotopic (exact) mass is 341 g/mol. The zero-order valence-corrected chi connectivity index (χ0v) is 13.8. The number of hydrogen-bond acceptors (Lipinski definition) is 1. The summed E-state index contributed by atoms with van der Waals surface area (Å²) in [7, 11) is 0. The molecule has 0 aromatic heterocycles. The highest BCUT2D eigenvalue weighted by Gasteiger charge is 2.29. The summed E-state index contributed by atoms with van der Waals surface area (Å²) in [5.41, 5.74) is 6.77. The molecule has 0 radical (unpaired) electrons. The van der Waals surface area contributed by atoms with Gasteiger partial charge >= 0.3 is 0 Å². The van der Waals surface area contributed by atoms with E-state index in [4.69, 9.17) is 5.73 Å². The van der Waals surface area contributed by atoms with Crippen LogP contribution >= 0.6 is 15.9 Å². The molecule has 1 saturated carbocycles. The topological polar surface area (TPSA) is 26.0 Å². The van der Waals surface area contributed by atoms with E-state index < -0.39 is 0 Å². The van der Waals surface area contributed by atoms with Crippen LogP contribution in [0.3, 0.4) is 0 Å². The predicted molar refractivity (Wildman–Crippen MR) is 86.1 cm³/mol. The van der Waals surface area contributed by atoms with E-state index in [1.165, 1.54) is 32.1 Å². The second-order valence-corrected chi connectivity index (χ2v) is 7.08. The highest BCUT2D eigenvalue weighted by Crippen LogP contribution is 2.38. The van der Waals surface area contributed by atoms with Crippen LogP contribution in [-0.2, 0) is 6.42 Å². The van der Waals surface area contributed by atoms with Crippen molar-refractivity contribution in [3.8, 4) is 0 Å². The van der Waals surface area contributed by atoms with E-state index in [9.17, 15) is 4.39 Å². The van der Waals surface area contributed by atoms with Gasteiger partial charge in [0.1, 0.15) is 5.82 Å². The smallest absolute Gasteiger partial charge is 0.127 e. The second kappa shape index (κ2) is 7.56. The van der Waals surface area contributed by atoms with Gasteiger partial charge in [0.25, 0.3) is 0 Å². The first-order valence-corrected chi connectivity index (χ1v) is 8.57. The number of halogens is 2. The lowest BCUT2D eigenvalue weighted by Gasteiger charge is -2.36. The van der Waals surface area contributed by atoms with E-state index in [1.807, 2.05) is 12.1 Å². The van der Waals surface area contributed by atoms with Crippen LogP contribution in [0.2, 0.25) is 0 Å². The zero-order chi connectivity index (χ0) is 14.5. The van der Waals surface area contributed by atoms with Gasteiger partial charge in [0, 0.05) is 4.47 Å². The summed E-state index contributed by atoms with van der Waals surface area (Å²) in [6.07, 6.45) is 7.11. The molecule has 1 aliphatic rings. The van der Waals surface area contributed by atoms with E-state index in [1.54, 1.807) is 6.07 Å². The Morgan fingerprint density at radius 1 is 1.30 bits per heavy atom. The van der Waals surface area contributed by atoms with Crippen LogP contribution in [0.25, 0.3) is 0 Å². The summed E-state index contributed by atoms with van der Waals surface area (Å²) in [6.45, 7) is 2.99. The van der Waals surface area contributed by atoms with E-state index in [0.717, 1.165) is 28.9 Å². The molecule has 0 amide bonds. The molecule has 112 valence electrons. The van der Waals surface area contributed by atoms with Crippen LogP contribution in [0.15, 0.2) is 22.7 Å². The molecule has 0 heterocycles. The molecule has 1 aromatic rings. The van der Waals surface area contributed by atoms with Crippen molar-refractivity contribution >= 4 is 15.9 Å². The van der Waals surface area contributed by atoms with Crippen LogP contribution in [0, 0.1) is 23.6 Å². The fraction of sp³-hybridized carbons (Fsp3) is 0.647. The van der Waals surface area contributed by atoms with Gasteiger partial charge in [-0.25, -0.2) is 4.39 Å². The quantitative estimate of drug-likeness (QED) is 0.807. The van der Waals surface area contributed by atoms with Crippen LogP contribution in [-0.4, -0.2) is 6.54 Å². The number of hydrogen-bond donors (Lipinski definition) is 1. The minimum Gasteiger partial charge on any atom is -0.330 e. The van der Waals surface area contributed by atoms with Crippen LogP contribution in [0.4, 0.5) is 4.39 Å². The molecule has 3 heteroatoms. The maximum absolute atomic E-state index is 14.0. The second-order valence-electron chi connectivity index (χ2n) is 6.16. The molecule has 0 spiro atoms. The molecule has 0 bridgehead atoms. The fourth-order valence-corrected chi connectivity index (χ4v) is 3.96. The summed E-state index contributed by atoms with van der Waals surface area (Å²) >= 11 is 3.32. The van der Waals surface area contributed by atoms with Gasteiger partial charge in [-0.15, -0.1) is 0 Å². The molecule has 3 atom stereocenters. The summed E-state index contributed by atoms with van der Waals surface area (Å²) in [5, 5.41) is 0. The summed E-state index contributed by atoms with van der Waals surface area (Å²) in [5.74, 6) is 1.83. The molecular formula is C17H25BrFN. The van der Waals surface area contributed by atoms with Crippen LogP contribution < -0.4 is 5.73 Å². The van der Waals surface area contributed by atoms with E-state index in [2.05, 4.69) is 22.9 Å². The minimum atomic E-state index is -0.0900. The summed E-state index contributed by atoms with van der Waals surface area (Å²) in [6, 6.07) is 5.41. The molecule has 1 fully saturated rings. The lowest BCUT2D eigenvalue weighted by atomic mass is 9.70. The van der Waals surface area contributed by atoms with Crippen molar-refractivity contribution in [2.45, 2.75) is 45.4 Å². The Bertz CT molecular complexity index is 435. The third-order valence-corrected chi connectivity index (χ3v) is 5.24. The Labute approximate surface area is 130 Å². The molecule has 2 rings (SSSR count). The maximum atomic E-state index is 14.0. The average molecular weight is 342 g/mol. The lowest BCUT2D eigenvalue weighted by molar-refractivity contribution is 0.175.